The number of amides is 1. The monoisotopic (exact) mass is 185 g/mol. The Hall–Kier alpha value is -1.90. The van der Waals surface area contributed by atoms with Crippen molar-refractivity contribution in [2.24, 2.45) is 5.73 Å². The van der Waals surface area contributed by atoms with Gasteiger partial charge in [0.05, 0.1) is 17.6 Å². The quantitative estimate of drug-likeness (QED) is 0.760. The van der Waals surface area contributed by atoms with Crippen molar-refractivity contribution < 1.29 is 4.79 Å². The average molecular weight is 185 g/mol. The zero-order valence-electron chi connectivity index (χ0n) is 7.53. The van der Waals surface area contributed by atoms with Gasteiger partial charge < -0.3 is 5.73 Å². The lowest BCUT2D eigenvalue weighted by atomic mass is 10.2. The molecule has 0 bridgehead atoms. The molecule has 0 aliphatic carbocycles. The van der Waals surface area contributed by atoms with Crippen molar-refractivity contribution in [3.05, 3.63) is 42.1 Å². The summed E-state index contributed by atoms with van der Waals surface area (Å²) in [6.07, 6.45) is 0.189. The number of nitrogens with zero attached hydrogens (tertiary/aromatic N) is 1. The Kier molecular flexibility index (Phi) is 2.14. The minimum atomic E-state index is -0.362. The maximum Gasteiger partial charge on any atom is 0.223 e. The lowest BCUT2D eigenvalue weighted by Gasteiger charge is -1.99. The van der Waals surface area contributed by atoms with E-state index in [1.165, 1.54) is 0 Å². The molecule has 0 spiro atoms. The third kappa shape index (κ3) is 1.71. The fourth-order valence-corrected chi connectivity index (χ4v) is 1.33. The van der Waals surface area contributed by atoms with Gasteiger partial charge in [-0.2, -0.15) is 0 Å². The summed E-state index contributed by atoms with van der Waals surface area (Å²) in [5.74, 6) is -0.362. The van der Waals surface area contributed by atoms with Crippen LogP contribution in [0, 0.1) is 6.07 Å². The fraction of sp³-hybridized carbons (Fsp3) is 0.0909. The third-order valence-electron chi connectivity index (χ3n) is 1.95. The molecule has 69 valence electrons. The Morgan fingerprint density at radius 2 is 2.29 bits per heavy atom. The summed E-state index contributed by atoms with van der Waals surface area (Å²) < 4.78 is 0. The van der Waals surface area contributed by atoms with Crippen LogP contribution in [0.5, 0.6) is 0 Å². The molecular formula is C11H9N2O. The van der Waals surface area contributed by atoms with Crippen molar-refractivity contribution in [1.29, 1.82) is 0 Å². The normalized spacial score (nSPS) is 10.3. The second-order valence-corrected chi connectivity index (χ2v) is 3.06. The fourth-order valence-electron chi connectivity index (χ4n) is 1.33. The first kappa shape index (κ1) is 8.69. The first-order valence-corrected chi connectivity index (χ1v) is 4.30. The van der Waals surface area contributed by atoms with E-state index in [0.29, 0.717) is 5.69 Å². The van der Waals surface area contributed by atoms with Gasteiger partial charge in [-0.05, 0) is 24.3 Å². The number of rotatable bonds is 2. The maximum absolute atomic E-state index is 10.7. The lowest BCUT2D eigenvalue weighted by Crippen LogP contribution is -2.14. The number of carbonyl (C=O) groups is 1. The standard InChI is InChI=1S/C11H9N2O/c12-11(14)7-9-6-5-8-3-1-2-4-10(8)13-9/h2-6H,7H2,(H2,12,14). The van der Waals surface area contributed by atoms with Crippen molar-refractivity contribution in [3.8, 4) is 0 Å². The van der Waals surface area contributed by atoms with Crippen LogP contribution in [-0.4, -0.2) is 10.9 Å². The van der Waals surface area contributed by atoms with E-state index in [2.05, 4.69) is 11.1 Å². The van der Waals surface area contributed by atoms with E-state index >= 15 is 0 Å². The Labute approximate surface area is 81.6 Å². The molecule has 1 aromatic carbocycles. The summed E-state index contributed by atoms with van der Waals surface area (Å²) in [6.45, 7) is 0. The molecule has 14 heavy (non-hydrogen) atoms. The van der Waals surface area contributed by atoms with Crippen LogP contribution in [0.15, 0.2) is 30.3 Å². The van der Waals surface area contributed by atoms with Gasteiger partial charge in [-0.25, -0.2) is 0 Å². The number of hydrogen-bond acceptors (Lipinski definition) is 2. The number of pyridine rings is 1. The molecule has 2 aromatic rings. The predicted molar refractivity (Wildman–Crippen MR) is 53.5 cm³/mol. The zero-order chi connectivity index (χ0) is 9.97. The minimum absolute atomic E-state index is 0.189. The van der Waals surface area contributed by atoms with Crippen molar-refractivity contribution in [2.45, 2.75) is 6.42 Å². The van der Waals surface area contributed by atoms with Crippen LogP contribution < -0.4 is 5.73 Å². The number of fused-ring (bicyclic) bond motifs is 1. The van der Waals surface area contributed by atoms with Gasteiger partial charge in [-0.15, -0.1) is 0 Å². The molecule has 0 saturated heterocycles. The summed E-state index contributed by atoms with van der Waals surface area (Å²) >= 11 is 0. The zero-order valence-corrected chi connectivity index (χ0v) is 7.53. The summed E-state index contributed by atoms with van der Waals surface area (Å²) in [5, 5.41) is 1.01. The number of primary amides is 1. The van der Waals surface area contributed by atoms with E-state index < -0.39 is 0 Å². The molecule has 2 N–H and O–H groups in total. The van der Waals surface area contributed by atoms with Gasteiger partial charge in [0.2, 0.25) is 5.91 Å². The lowest BCUT2D eigenvalue weighted by molar-refractivity contribution is -0.117. The Morgan fingerprint density at radius 1 is 1.43 bits per heavy atom. The number of hydrogen-bond donors (Lipinski definition) is 1. The predicted octanol–water partition coefficient (Wildman–Crippen LogP) is 1.06. The van der Waals surface area contributed by atoms with E-state index in [-0.39, 0.29) is 12.3 Å². The van der Waals surface area contributed by atoms with Crippen LogP contribution in [0.1, 0.15) is 5.69 Å². The highest BCUT2D eigenvalue weighted by Gasteiger charge is 2.00. The van der Waals surface area contributed by atoms with Gasteiger partial charge in [0.15, 0.2) is 0 Å². The summed E-state index contributed by atoms with van der Waals surface area (Å²) in [6, 6.07) is 12.2. The molecule has 0 aliphatic heterocycles. The molecular weight excluding hydrogens is 176 g/mol. The van der Waals surface area contributed by atoms with E-state index in [9.17, 15) is 4.79 Å². The second kappa shape index (κ2) is 3.46. The minimum Gasteiger partial charge on any atom is -0.369 e. The number of benzene rings is 1. The molecule has 0 atom stereocenters. The number of nitrogens with two attached hydrogens (primary N) is 1. The SMILES string of the molecule is NC(=O)Cc1ccc2c[c]ccc2n1. The number of carbonyl (C=O) groups excluding carboxylic acids is 1. The van der Waals surface area contributed by atoms with Crippen LogP contribution in [0.2, 0.25) is 0 Å². The summed E-state index contributed by atoms with van der Waals surface area (Å²) in [5.41, 5.74) is 6.65. The smallest absolute Gasteiger partial charge is 0.223 e. The molecule has 0 unspecified atom stereocenters. The van der Waals surface area contributed by atoms with Gasteiger partial charge in [0.1, 0.15) is 0 Å². The third-order valence-corrected chi connectivity index (χ3v) is 1.95. The average Bonchev–Trinajstić information content (AvgIpc) is 2.17. The highest BCUT2D eigenvalue weighted by molar-refractivity contribution is 5.80. The molecule has 0 saturated carbocycles. The van der Waals surface area contributed by atoms with Gasteiger partial charge in [-0.1, -0.05) is 12.1 Å². The van der Waals surface area contributed by atoms with E-state index in [4.69, 9.17) is 5.73 Å². The highest BCUT2D eigenvalue weighted by Crippen LogP contribution is 2.11. The second-order valence-electron chi connectivity index (χ2n) is 3.06. The Balaban J connectivity index is 2.46. The maximum atomic E-state index is 10.7. The molecule has 0 fully saturated rings. The van der Waals surface area contributed by atoms with Crippen molar-refractivity contribution >= 4 is 16.8 Å². The topological polar surface area (TPSA) is 56.0 Å². The van der Waals surface area contributed by atoms with Crippen LogP contribution in [0.3, 0.4) is 0 Å². The van der Waals surface area contributed by atoms with E-state index in [1.807, 2.05) is 18.2 Å². The van der Waals surface area contributed by atoms with Gasteiger partial charge >= 0.3 is 0 Å². The van der Waals surface area contributed by atoms with Crippen LogP contribution in [0.25, 0.3) is 10.9 Å². The Bertz CT molecular complexity index is 479. The van der Waals surface area contributed by atoms with Gasteiger partial charge in [0, 0.05) is 5.39 Å². The largest absolute Gasteiger partial charge is 0.369 e. The summed E-state index contributed by atoms with van der Waals surface area (Å²) in [7, 11) is 0. The van der Waals surface area contributed by atoms with Crippen molar-refractivity contribution in [2.75, 3.05) is 0 Å². The van der Waals surface area contributed by atoms with Gasteiger partial charge in [-0.3, -0.25) is 9.78 Å². The molecule has 0 aliphatic rings. The van der Waals surface area contributed by atoms with Crippen molar-refractivity contribution in [3.63, 3.8) is 0 Å². The molecule has 1 heterocycles. The molecule has 3 nitrogen and oxygen atoms in total. The van der Waals surface area contributed by atoms with E-state index in [0.717, 1.165) is 10.9 Å². The molecule has 2 rings (SSSR count). The van der Waals surface area contributed by atoms with Crippen molar-refractivity contribution in [1.82, 2.24) is 4.98 Å². The molecule has 1 radical (unpaired) electrons. The molecule has 1 amide bonds. The number of aromatic nitrogens is 1. The Morgan fingerprint density at radius 3 is 3.07 bits per heavy atom. The molecule has 3 heteroatoms. The van der Waals surface area contributed by atoms with E-state index in [1.54, 1.807) is 12.1 Å². The van der Waals surface area contributed by atoms with Crippen LogP contribution >= 0.6 is 0 Å². The van der Waals surface area contributed by atoms with Crippen LogP contribution in [-0.2, 0) is 11.2 Å². The first-order valence-electron chi connectivity index (χ1n) is 4.30. The highest BCUT2D eigenvalue weighted by atomic mass is 16.1. The van der Waals surface area contributed by atoms with Crippen LogP contribution in [0.4, 0.5) is 0 Å². The first-order chi connectivity index (χ1) is 6.75. The summed E-state index contributed by atoms with van der Waals surface area (Å²) in [4.78, 5) is 15.0. The van der Waals surface area contributed by atoms with Gasteiger partial charge in [0.25, 0.3) is 0 Å². The molecule has 1 aromatic heterocycles.